The highest BCUT2D eigenvalue weighted by atomic mass is 16.5. The van der Waals surface area contributed by atoms with Gasteiger partial charge in [-0.1, -0.05) is 30.3 Å². The average molecular weight is 299 g/mol. The van der Waals surface area contributed by atoms with Crippen LogP contribution in [0.4, 0.5) is 0 Å². The monoisotopic (exact) mass is 299 g/mol. The zero-order chi connectivity index (χ0) is 15.4. The van der Waals surface area contributed by atoms with E-state index in [0.29, 0.717) is 25.5 Å². The first kappa shape index (κ1) is 14.4. The number of tetrazole rings is 1. The zero-order valence-corrected chi connectivity index (χ0v) is 12.3. The molecule has 0 spiro atoms. The third-order valence-corrected chi connectivity index (χ3v) is 3.54. The predicted octanol–water partition coefficient (Wildman–Crippen LogP) is 0.823. The lowest BCUT2D eigenvalue weighted by Gasteiger charge is -2.31. The zero-order valence-electron chi connectivity index (χ0n) is 12.3. The van der Waals surface area contributed by atoms with Gasteiger partial charge in [0.2, 0.25) is 5.91 Å². The number of rotatable bonds is 3. The van der Waals surface area contributed by atoms with Crippen LogP contribution in [-0.4, -0.2) is 50.7 Å². The fourth-order valence-corrected chi connectivity index (χ4v) is 2.35. The van der Waals surface area contributed by atoms with Gasteiger partial charge in [-0.3, -0.25) is 4.79 Å². The Labute approximate surface area is 128 Å². The molecule has 1 unspecified atom stereocenters. The highest BCUT2D eigenvalue weighted by Crippen LogP contribution is 2.19. The Morgan fingerprint density at radius 3 is 2.91 bits per heavy atom. The van der Waals surface area contributed by atoms with Crippen LogP contribution in [0.1, 0.15) is 17.5 Å². The van der Waals surface area contributed by atoms with Crippen molar-refractivity contribution in [2.24, 2.45) is 7.05 Å². The van der Waals surface area contributed by atoms with E-state index < -0.39 is 0 Å². The van der Waals surface area contributed by atoms with Gasteiger partial charge in [0.05, 0.1) is 13.2 Å². The van der Waals surface area contributed by atoms with Gasteiger partial charge in [-0.05, 0) is 22.1 Å². The van der Waals surface area contributed by atoms with E-state index in [1.54, 1.807) is 22.7 Å². The molecular formula is C15H17N5O2. The Hall–Kier alpha value is -2.54. The van der Waals surface area contributed by atoms with Gasteiger partial charge in [-0.2, -0.15) is 0 Å². The number of aryl methyl sites for hydroxylation is 1. The second kappa shape index (κ2) is 6.48. The summed E-state index contributed by atoms with van der Waals surface area (Å²) >= 11 is 0. The van der Waals surface area contributed by atoms with E-state index in [-0.39, 0.29) is 12.0 Å². The standard InChI is InChI=1S/C15H17N5O2/c1-19-15(16-17-18-19)13-11-20(9-10-22-13)14(21)8-7-12-5-3-2-4-6-12/h2-8,13H,9-11H2,1H3. The summed E-state index contributed by atoms with van der Waals surface area (Å²) in [5.74, 6) is 0.594. The first-order valence-corrected chi connectivity index (χ1v) is 7.10. The number of ether oxygens (including phenoxy) is 1. The van der Waals surface area contributed by atoms with Crippen LogP contribution in [0.5, 0.6) is 0 Å². The second-order valence-corrected chi connectivity index (χ2v) is 5.05. The number of aromatic nitrogens is 4. The molecule has 0 saturated carbocycles. The van der Waals surface area contributed by atoms with Crippen molar-refractivity contribution in [2.75, 3.05) is 19.7 Å². The number of morpholine rings is 1. The number of hydrogen-bond acceptors (Lipinski definition) is 5. The summed E-state index contributed by atoms with van der Waals surface area (Å²) in [5.41, 5.74) is 0.998. The van der Waals surface area contributed by atoms with Gasteiger partial charge in [0, 0.05) is 19.7 Å². The Kier molecular flexibility index (Phi) is 4.24. The SMILES string of the molecule is Cn1nnnc1C1CN(C(=O)C=Cc2ccccc2)CCO1. The van der Waals surface area contributed by atoms with Crippen molar-refractivity contribution in [3.05, 3.63) is 47.8 Å². The molecule has 1 aromatic heterocycles. The molecule has 1 saturated heterocycles. The third-order valence-electron chi connectivity index (χ3n) is 3.54. The van der Waals surface area contributed by atoms with Gasteiger partial charge >= 0.3 is 0 Å². The van der Waals surface area contributed by atoms with Crippen LogP contribution in [-0.2, 0) is 16.6 Å². The summed E-state index contributed by atoms with van der Waals surface area (Å²) in [5, 5.41) is 11.4. The maximum Gasteiger partial charge on any atom is 0.246 e. The number of nitrogens with zero attached hydrogens (tertiary/aromatic N) is 5. The molecule has 1 amide bonds. The minimum Gasteiger partial charge on any atom is -0.366 e. The molecule has 1 atom stereocenters. The number of benzene rings is 1. The fourth-order valence-electron chi connectivity index (χ4n) is 2.35. The molecule has 2 aromatic rings. The third kappa shape index (κ3) is 3.20. The lowest BCUT2D eigenvalue weighted by molar-refractivity contribution is -0.134. The Morgan fingerprint density at radius 1 is 1.36 bits per heavy atom. The molecular weight excluding hydrogens is 282 g/mol. The molecule has 0 N–H and O–H groups in total. The van der Waals surface area contributed by atoms with Crippen LogP contribution in [0.2, 0.25) is 0 Å². The molecule has 7 nitrogen and oxygen atoms in total. The van der Waals surface area contributed by atoms with Crippen molar-refractivity contribution in [3.8, 4) is 0 Å². The van der Waals surface area contributed by atoms with E-state index >= 15 is 0 Å². The van der Waals surface area contributed by atoms with E-state index in [1.165, 1.54) is 0 Å². The molecule has 0 aliphatic carbocycles. The summed E-state index contributed by atoms with van der Waals surface area (Å²) in [6, 6.07) is 9.74. The van der Waals surface area contributed by atoms with Crippen LogP contribution < -0.4 is 0 Å². The Morgan fingerprint density at radius 2 is 2.18 bits per heavy atom. The number of hydrogen-bond donors (Lipinski definition) is 0. The van der Waals surface area contributed by atoms with Crippen molar-refractivity contribution < 1.29 is 9.53 Å². The summed E-state index contributed by atoms with van der Waals surface area (Å²) in [6.45, 7) is 1.49. The highest BCUT2D eigenvalue weighted by molar-refractivity contribution is 5.91. The smallest absolute Gasteiger partial charge is 0.246 e. The molecule has 0 bridgehead atoms. The van der Waals surface area contributed by atoms with Crippen LogP contribution in [0.25, 0.3) is 6.08 Å². The quantitative estimate of drug-likeness (QED) is 0.785. The minimum atomic E-state index is -0.289. The molecule has 22 heavy (non-hydrogen) atoms. The minimum absolute atomic E-state index is 0.0349. The van der Waals surface area contributed by atoms with Gasteiger partial charge in [-0.25, -0.2) is 4.68 Å². The van der Waals surface area contributed by atoms with Gasteiger partial charge in [0.25, 0.3) is 0 Å². The van der Waals surface area contributed by atoms with Gasteiger partial charge < -0.3 is 9.64 Å². The number of carbonyl (C=O) groups excluding carboxylic acids is 1. The molecule has 1 aromatic carbocycles. The van der Waals surface area contributed by atoms with Crippen LogP contribution in [0, 0.1) is 0 Å². The van der Waals surface area contributed by atoms with E-state index in [2.05, 4.69) is 15.5 Å². The second-order valence-electron chi connectivity index (χ2n) is 5.05. The first-order valence-electron chi connectivity index (χ1n) is 7.10. The fraction of sp³-hybridized carbons (Fsp3) is 0.333. The van der Waals surface area contributed by atoms with Gasteiger partial charge in [0.15, 0.2) is 5.82 Å². The first-order chi connectivity index (χ1) is 10.7. The Bertz CT molecular complexity index is 668. The summed E-state index contributed by atoms with van der Waals surface area (Å²) in [6.07, 6.45) is 3.12. The highest BCUT2D eigenvalue weighted by Gasteiger charge is 2.27. The normalized spacial score (nSPS) is 18.8. The van der Waals surface area contributed by atoms with Crippen LogP contribution in [0.3, 0.4) is 0 Å². The van der Waals surface area contributed by atoms with E-state index in [0.717, 1.165) is 5.56 Å². The largest absolute Gasteiger partial charge is 0.366 e. The van der Waals surface area contributed by atoms with E-state index in [4.69, 9.17) is 4.74 Å². The molecule has 1 fully saturated rings. The number of carbonyl (C=O) groups is 1. The lowest BCUT2D eigenvalue weighted by Crippen LogP contribution is -2.42. The lowest BCUT2D eigenvalue weighted by atomic mass is 10.2. The van der Waals surface area contributed by atoms with E-state index in [9.17, 15) is 4.79 Å². The molecule has 0 radical (unpaired) electrons. The van der Waals surface area contributed by atoms with Crippen molar-refractivity contribution >= 4 is 12.0 Å². The van der Waals surface area contributed by atoms with Crippen LogP contribution >= 0.6 is 0 Å². The molecule has 1 aliphatic rings. The molecule has 3 rings (SSSR count). The van der Waals surface area contributed by atoms with Gasteiger partial charge in [0.1, 0.15) is 6.10 Å². The van der Waals surface area contributed by atoms with Crippen molar-refractivity contribution in [2.45, 2.75) is 6.10 Å². The summed E-state index contributed by atoms with van der Waals surface area (Å²) in [7, 11) is 1.76. The Balaban J connectivity index is 1.66. The van der Waals surface area contributed by atoms with Crippen molar-refractivity contribution in [3.63, 3.8) is 0 Å². The molecule has 2 heterocycles. The maximum atomic E-state index is 12.3. The topological polar surface area (TPSA) is 73.1 Å². The summed E-state index contributed by atoms with van der Waals surface area (Å²) < 4.78 is 7.23. The molecule has 1 aliphatic heterocycles. The van der Waals surface area contributed by atoms with Crippen molar-refractivity contribution in [1.82, 2.24) is 25.1 Å². The van der Waals surface area contributed by atoms with Gasteiger partial charge in [-0.15, -0.1) is 5.10 Å². The molecule has 7 heteroatoms. The molecule has 114 valence electrons. The predicted molar refractivity (Wildman–Crippen MR) is 79.5 cm³/mol. The summed E-state index contributed by atoms with van der Waals surface area (Å²) in [4.78, 5) is 14.0. The van der Waals surface area contributed by atoms with E-state index in [1.807, 2.05) is 36.4 Å². The van der Waals surface area contributed by atoms with Crippen molar-refractivity contribution in [1.29, 1.82) is 0 Å². The maximum absolute atomic E-state index is 12.3. The number of amides is 1. The average Bonchev–Trinajstić information content (AvgIpc) is 3.00. The van der Waals surface area contributed by atoms with Crippen LogP contribution in [0.15, 0.2) is 36.4 Å².